The van der Waals surface area contributed by atoms with Crippen molar-refractivity contribution in [2.75, 3.05) is 26.7 Å². The van der Waals surface area contributed by atoms with Gasteiger partial charge in [-0.1, -0.05) is 28.1 Å². The number of esters is 1. The number of halogens is 1. The molecule has 0 aromatic heterocycles. The van der Waals surface area contributed by atoms with Crippen LogP contribution in [-0.2, 0) is 9.53 Å². The van der Waals surface area contributed by atoms with Gasteiger partial charge in [0.1, 0.15) is 0 Å². The van der Waals surface area contributed by atoms with Gasteiger partial charge in [0.15, 0.2) is 0 Å². The first-order chi connectivity index (χ1) is 9.60. The Hall–Kier alpha value is -0.910. The third-order valence-electron chi connectivity index (χ3n) is 3.79. The molecule has 1 heterocycles. The van der Waals surface area contributed by atoms with Crippen molar-refractivity contribution in [2.24, 2.45) is 5.92 Å². The predicted molar refractivity (Wildman–Crippen MR) is 80.3 cm³/mol. The second kappa shape index (κ2) is 7.20. The summed E-state index contributed by atoms with van der Waals surface area (Å²) < 4.78 is 5.75. The monoisotopic (exact) mass is 341 g/mol. The summed E-state index contributed by atoms with van der Waals surface area (Å²) >= 11 is 3.41. The summed E-state index contributed by atoms with van der Waals surface area (Å²) in [4.78, 5) is 13.7. The van der Waals surface area contributed by atoms with Crippen molar-refractivity contribution in [3.63, 3.8) is 0 Å². The molecule has 0 spiro atoms. The van der Waals surface area contributed by atoms with E-state index in [1.54, 1.807) is 0 Å². The van der Waals surface area contributed by atoms with Gasteiger partial charge in [-0.2, -0.15) is 0 Å². The number of aliphatic hydroxyl groups is 1. The van der Waals surface area contributed by atoms with E-state index in [4.69, 9.17) is 4.74 Å². The molecule has 1 saturated heterocycles. The molecule has 1 aliphatic heterocycles. The number of ether oxygens (including phenoxy) is 1. The lowest BCUT2D eigenvalue weighted by Crippen LogP contribution is -2.38. The number of β-amino-alcohol motifs (C(OH)–C–C–N with tert-alkyl or cyclic N) is 1. The van der Waals surface area contributed by atoms with E-state index < -0.39 is 6.10 Å². The molecule has 110 valence electrons. The van der Waals surface area contributed by atoms with E-state index in [0.717, 1.165) is 36.0 Å². The summed E-state index contributed by atoms with van der Waals surface area (Å²) in [6.07, 6.45) is 1.11. The summed E-state index contributed by atoms with van der Waals surface area (Å²) in [6, 6.07) is 7.73. The number of carbonyl (C=O) groups excluding carboxylic acids is 1. The van der Waals surface area contributed by atoms with Crippen LogP contribution in [0, 0.1) is 5.92 Å². The molecule has 4 nitrogen and oxygen atoms in total. The topological polar surface area (TPSA) is 49.8 Å². The summed E-state index contributed by atoms with van der Waals surface area (Å²) in [5.74, 6) is -0.101. The van der Waals surface area contributed by atoms with E-state index in [0.29, 0.717) is 6.54 Å². The van der Waals surface area contributed by atoms with Crippen molar-refractivity contribution >= 4 is 21.9 Å². The maximum Gasteiger partial charge on any atom is 0.308 e. The zero-order valence-electron chi connectivity index (χ0n) is 11.6. The first kappa shape index (κ1) is 15.5. The van der Waals surface area contributed by atoms with Crippen LogP contribution in [0.15, 0.2) is 28.7 Å². The minimum atomic E-state index is -0.498. The van der Waals surface area contributed by atoms with Crippen LogP contribution < -0.4 is 0 Å². The Morgan fingerprint density at radius 2 is 2.20 bits per heavy atom. The zero-order valence-corrected chi connectivity index (χ0v) is 13.2. The van der Waals surface area contributed by atoms with Gasteiger partial charge in [0, 0.05) is 11.0 Å². The molecule has 0 saturated carbocycles. The third-order valence-corrected chi connectivity index (χ3v) is 4.28. The SMILES string of the molecule is COC(=O)C1CCN(CC(O)c2cccc(Br)c2)CC1. The number of hydrogen-bond donors (Lipinski definition) is 1. The Morgan fingerprint density at radius 1 is 1.50 bits per heavy atom. The molecule has 0 bridgehead atoms. The number of piperidine rings is 1. The number of methoxy groups -OCH3 is 1. The van der Waals surface area contributed by atoms with Gasteiger partial charge >= 0.3 is 5.97 Å². The van der Waals surface area contributed by atoms with Crippen LogP contribution in [0.25, 0.3) is 0 Å². The van der Waals surface area contributed by atoms with Crippen LogP contribution in [0.4, 0.5) is 0 Å². The molecule has 0 amide bonds. The molecule has 1 fully saturated rings. The van der Waals surface area contributed by atoms with Crippen molar-refractivity contribution in [1.29, 1.82) is 0 Å². The van der Waals surface area contributed by atoms with Crippen LogP contribution in [-0.4, -0.2) is 42.7 Å². The fourth-order valence-corrected chi connectivity index (χ4v) is 3.00. The van der Waals surface area contributed by atoms with Gasteiger partial charge in [0.25, 0.3) is 0 Å². The highest BCUT2D eigenvalue weighted by molar-refractivity contribution is 9.10. The molecule has 1 atom stereocenters. The Labute approximate surface area is 127 Å². The Bertz CT molecular complexity index is 458. The first-order valence-corrected chi connectivity index (χ1v) is 7.63. The summed E-state index contributed by atoms with van der Waals surface area (Å²) in [5.41, 5.74) is 0.912. The molecule has 5 heteroatoms. The molecule has 0 aliphatic carbocycles. The lowest BCUT2D eigenvalue weighted by molar-refractivity contribution is -0.147. The number of nitrogens with zero attached hydrogens (tertiary/aromatic N) is 1. The third kappa shape index (κ3) is 4.04. The zero-order chi connectivity index (χ0) is 14.5. The van der Waals surface area contributed by atoms with Crippen molar-refractivity contribution < 1.29 is 14.6 Å². The average molecular weight is 342 g/mol. The van der Waals surface area contributed by atoms with Gasteiger partial charge in [-0.15, -0.1) is 0 Å². The molecule has 1 aromatic rings. The van der Waals surface area contributed by atoms with E-state index in [2.05, 4.69) is 20.8 Å². The predicted octanol–water partition coefficient (Wildman–Crippen LogP) is 2.37. The second-order valence-corrected chi connectivity index (χ2v) is 6.08. The lowest BCUT2D eigenvalue weighted by Gasteiger charge is -2.32. The minimum Gasteiger partial charge on any atom is -0.469 e. The molecule has 2 rings (SSSR count). The molecular weight excluding hydrogens is 322 g/mol. The molecule has 0 radical (unpaired) electrons. The molecule has 1 unspecified atom stereocenters. The van der Waals surface area contributed by atoms with Gasteiger partial charge in [-0.3, -0.25) is 4.79 Å². The Balaban J connectivity index is 1.85. The van der Waals surface area contributed by atoms with Gasteiger partial charge in [0.05, 0.1) is 19.1 Å². The van der Waals surface area contributed by atoms with Crippen molar-refractivity contribution in [1.82, 2.24) is 4.90 Å². The number of benzene rings is 1. The largest absolute Gasteiger partial charge is 0.469 e. The van der Waals surface area contributed by atoms with E-state index in [1.165, 1.54) is 7.11 Å². The van der Waals surface area contributed by atoms with Crippen molar-refractivity contribution in [3.8, 4) is 0 Å². The molecular formula is C15H20BrNO3. The number of aliphatic hydroxyl groups excluding tert-OH is 1. The number of hydrogen-bond acceptors (Lipinski definition) is 4. The lowest BCUT2D eigenvalue weighted by atomic mass is 9.96. The molecule has 1 N–H and O–H groups in total. The van der Waals surface area contributed by atoms with Gasteiger partial charge in [-0.05, 0) is 43.6 Å². The number of likely N-dealkylation sites (tertiary alicyclic amines) is 1. The highest BCUT2D eigenvalue weighted by Crippen LogP contribution is 2.23. The Kier molecular flexibility index (Phi) is 5.57. The standard InChI is InChI=1S/C15H20BrNO3/c1-20-15(19)11-5-7-17(8-6-11)10-14(18)12-3-2-4-13(16)9-12/h2-4,9,11,14,18H,5-8,10H2,1H3. The molecule has 1 aromatic carbocycles. The number of rotatable bonds is 4. The quantitative estimate of drug-likeness (QED) is 0.854. The second-order valence-electron chi connectivity index (χ2n) is 5.17. The minimum absolute atomic E-state index is 0.0132. The van der Waals surface area contributed by atoms with E-state index in [9.17, 15) is 9.90 Å². The fraction of sp³-hybridized carbons (Fsp3) is 0.533. The highest BCUT2D eigenvalue weighted by Gasteiger charge is 2.26. The van der Waals surface area contributed by atoms with Crippen molar-refractivity contribution in [2.45, 2.75) is 18.9 Å². The van der Waals surface area contributed by atoms with Crippen molar-refractivity contribution in [3.05, 3.63) is 34.3 Å². The summed E-state index contributed by atoms with van der Waals surface area (Å²) in [7, 11) is 1.44. The van der Waals surface area contributed by atoms with Gasteiger partial charge < -0.3 is 14.7 Å². The normalized spacial score (nSPS) is 18.8. The molecule has 20 heavy (non-hydrogen) atoms. The van der Waals surface area contributed by atoms with Gasteiger partial charge in [-0.25, -0.2) is 0 Å². The highest BCUT2D eigenvalue weighted by atomic mass is 79.9. The van der Waals surface area contributed by atoms with Crippen LogP contribution in [0.1, 0.15) is 24.5 Å². The van der Waals surface area contributed by atoms with Crippen LogP contribution in [0.2, 0.25) is 0 Å². The van der Waals surface area contributed by atoms with E-state index in [1.807, 2.05) is 24.3 Å². The Morgan fingerprint density at radius 3 is 2.80 bits per heavy atom. The number of carbonyl (C=O) groups is 1. The summed E-state index contributed by atoms with van der Waals surface area (Å²) in [6.45, 7) is 2.25. The maximum absolute atomic E-state index is 11.5. The smallest absolute Gasteiger partial charge is 0.308 e. The van der Waals surface area contributed by atoms with E-state index >= 15 is 0 Å². The van der Waals surface area contributed by atoms with Crippen LogP contribution in [0.3, 0.4) is 0 Å². The average Bonchev–Trinajstić information content (AvgIpc) is 2.47. The maximum atomic E-state index is 11.5. The molecule has 1 aliphatic rings. The fourth-order valence-electron chi connectivity index (χ4n) is 2.58. The van der Waals surface area contributed by atoms with E-state index in [-0.39, 0.29) is 11.9 Å². The van der Waals surface area contributed by atoms with Crippen LogP contribution in [0.5, 0.6) is 0 Å². The van der Waals surface area contributed by atoms with Crippen LogP contribution >= 0.6 is 15.9 Å². The summed E-state index contributed by atoms with van der Waals surface area (Å²) in [5, 5.41) is 10.3. The van der Waals surface area contributed by atoms with Gasteiger partial charge in [0.2, 0.25) is 0 Å². The first-order valence-electron chi connectivity index (χ1n) is 6.84.